The fourth-order valence-corrected chi connectivity index (χ4v) is 2.21. The average molecular weight is 267 g/mol. The van der Waals surface area contributed by atoms with Crippen molar-refractivity contribution >= 4 is 22.5 Å². The standard InChI is InChI=1S/C11H13N3O3S/c1-6-4-8(17-13-6)5-16-11(15)9-7(2)14-18-10(9)12-3/h4,12H,5H2,1-3H3. The largest absolute Gasteiger partial charge is 0.454 e. The lowest BCUT2D eigenvalue weighted by atomic mass is 10.2. The van der Waals surface area contributed by atoms with Crippen molar-refractivity contribution in [1.82, 2.24) is 9.53 Å². The van der Waals surface area contributed by atoms with Gasteiger partial charge in [-0.2, -0.15) is 4.37 Å². The number of nitrogens with zero attached hydrogens (tertiary/aromatic N) is 2. The number of carbonyl (C=O) groups excluding carboxylic acids is 1. The molecule has 0 radical (unpaired) electrons. The summed E-state index contributed by atoms with van der Waals surface area (Å²) in [6, 6.07) is 1.73. The van der Waals surface area contributed by atoms with Crippen LogP contribution >= 0.6 is 11.5 Å². The molecule has 96 valence electrons. The zero-order valence-electron chi connectivity index (χ0n) is 10.3. The highest BCUT2D eigenvalue weighted by Crippen LogP contribution is 2.24. The van der Waals surface area contributed by atoms with Crippen LogP contribution in [-0.4, -0.2) is 22.5 Å². The summed E-state index contributed by atoms with van der Waals surface area (Å²) >= 11 is 1.23. The van der Waals surface area contributed by atoms with E-state index in [0.29, 0.717) is 22.0 Å². The SMILES string of the molecule is CNc1snc(C)c1C(=O)OCc1cc(C)no1. The fourth-order valence-electron chi connectivity index (χ4n) is 1.47. The molecule has 0 saturated carbocycles. The first-order valence-electron chi connectivity index (χ1n) is 5.35. The zero-order chi connectivity index (χ0) is 13.1. The summed E-state index contributed by atoms with van der Waals surface area (Å²) in [4.78, 5) is 11.9. The highest BCUT2D eigenvalue weighted by atomic mass is 32.1. The zero-order valence-corrected chi connectivity index (χ0v) is 11.1. The molecule has 0 atom stereocenters. The smallest absolute Gasteiger partial charge is 0.343 e. The Labute approximate surface area is 108 Å². The summed E-state index contributed by atoms with van der Waals surface area (Å²) < 4.78 is 14.2. The molecule has 0 amide bonds. The number of hydrogen-bond acceptors (Lipinski definition) is 7. The highest BCUT2D eigenvalue weighted by molar-refractivity contribution is 7.10. The molecule has 2 aromatic rings. The van der Waals surface area contributed by atoms with Gasteiger partial charge in [0, 0.05) is 13.1 Å². The number of ether oxygens (including phenoxy) is 1. The van der Waals surface area contributed by atoms with Crippen LogP contribution in [0.25, 0.3) is 0 Å². The maximum absolute atomic E-state index is 11.9. The molecule has 2 heterocycles. The number of hydrogen-bond donors (Lipinski definition) is 1. The van der Waals surface area contributed by atoms with Gasteiger partial charge in [-0.3, -0.25) is 0 Å². The van der Waals surface area contributed by atoms with E-state index in [2.05, 4.69) is 14.8 Å². The monoisotopic (exact) mass is 267 g/mol. The third kappa shape index (κ3) is 2.51. The maximum Gasteiger partial charge on any atom is 0.343 e. The minimum Gasteiger partial charge on any atom is -0.454 e. The van der Waals surface area contributed by atoms with Crippen LogP contribution in [0.4, 0.5) is 5.00 Å². The third-order valence-electron chi connectivity index (χ3n) is 2.32. The Morgan fingerprint density at radius 3 is 2.94 bits per heavy atom. The van der Waals surface area contributed by atoms with E-state index in [0.717, 1.165) is 5.69 Å². The first kappa shape index (κ1) is 12.6. The van der Waals surface area contributed by atoms with Crippen LogP contribution in [0.1, 0.15) is 27.5 Å². The van der Waals surface area contributed by atoms with Gasteiger partial charge in [0.25, 0.3) is 0 Å². The summed E-state index contributed by atoms with van der Waals surface area (Å²) in [5, 5.41) is 7.34. The summed E-state index contributed by atoms with van der Waals surface area (Å²) in [6.07, 6.45) is 0. The van der Waals surface area contributed by atoms with E-state index < -0.39 is 5.97 Å². The molecule has 0 aromatic carbocycles. The van der Waals surface area contributed by atoms with Crippen molar-refractivity contribution in [3.63, 3.8) is 0 Å². The van der Waals surface area contributed by atoms with Crippen molar-refractivity contribution in [2.75, 3.05) is 12.4 Å². The van der Waals surface area contributed by atoms with Crippen molar-refractivity contribution in [3.8, 4) is 0 Å². The topological polar surface area (TPSA) is 77.2 Å². The van der Waals surface area contributed by atoms with Crippen LogP contribution in [-0.2, 0) is 11.3 Å². The molecule has 0 spiro atoms. The van der Waals surface area contributed by atoms with Gasteiger partial charge in [-0.25, -0.2) is 4.79 Å². The van der Waals surface area contributed by atoms with Crippen LogP contribution in [0.2, 0.25) is 0 Å². The second-order valence-electron chi connectivity index (χ2n) is 3.73. The van der Waals surface area contributed by atoms with Crippen LogP contribution < -0.4 is 5.32 Å². The molecule has 0 aliphatic rings. The van der Waals surface area contributed by atoms with Gasteiger partial charge in [0.05, 0.1) is 11.4 Å². The molecule has 0 bridgehead atoms. The first-order chi connectivity index (χ1) is 8.61. The molecule has 0 aliphatic heterocycles. The van der Waals surface area contributed by atoms with Crippen molar-refractivity contribution in [1.29, 1.82) is 0 Å². The average Bonchev–Trinajstić information content (AvgIpc) is 2.92. The molecule has 2 aromatic heterocycles. The number of aryl methyl sites for hydroxylation is 2. The molecule has 0 aliphatic carbocycles. The van der Waals surface area contributed by atoms with E-state index >= 15 is 0 Å². The van der Waals surface area contributed by atoms with Crippen LogP contribution in [0.5, 0.6) is 0 Å². The predicted octanol–water partition coefficient (Wildman–Crippen LogP) is 2.15. The number of anilines is 1. The van der Waals surface area contributed by atoms with Gasteiger partial charge >= 0.3 is 5.97 Å². The molecule has 18 heavy (non-hydrogen) atoms. The Hall–Kier alpha value is -1.89. The number of carbonyl (C=O) groups is 1. The lowest BCUT2D eigenvalue weighted by Gasteiger charge is -2.03. The van der Waals surface area contributed by atoms with Gasteiger partial charge in [0.1, 0.15) is 10.6 Å². The van der Waals surface area contributed by atoms with Crippen LogP contribution in [0.15, 0.2) is 10.6 Å². The van der Waals surface area contributed by atoms with Gasteiger partial charge in [-0.1, -0.05) is 5.16 Å². The van der Waals surface area contributed by atoms with Gasteiger partial charge in [0.2, 0.25) is 0 Å². The van der Waals surface area contributed by atoms with Crippen molar-refractivity contribution in [3.05, 3.63) is 28.8 Å². The lowest BCUT2D eigenvalue weighted by molar-refractivity contribution is 0.0438. The van der Waals surface area contributed by atoms with Gasteiger partial charge < -0.3 is 14.6 Å². The molecule has 7 heteroatoms. The lowest BCUT2D eigenvalue weighted by Crippen LogP contribution is -2.07. The van der Waals surface area contributed by atoms with Gasteiger partial charge in [-0.05, 0) is 25.4 Å². The first-order valence-corrected chi connectivity index (χ1v) is 6.12. The van der Waals surface area contributed by atoms with Gasteiger partial charge in [-0.15, -0.1) is 0 Å². The normalized spacial score (nSPS) is 10.4. The molecule has 0 saturated heterocycles. The molecule has 2 rings (SSSR count). The fraction of sp³-hybridized carbons (Fsp3) is 0.364. The van der Waals surface area contributed by atoms with Crippen molar-refractivity contribution in [2.24, 2.45) is 0 Å². The van der Waals surface area contributed by atoms with Gasteiger partial charge in [0.15, 0.2) is 12.4 Å². The Balaban J connectivity index is 2.05. The highest BCUT2D eigenvalue weighted by Gasteiger charge is 2.19. The van der Waals surface area contributed by atoms with E-state index in [9.17, 15) is 4.79 Å². The minimum atomic E-state index is -0.417. The molecule has 6 nitrogen and oxygen atoms in total. The summed E-state index contributed by atoms with van der Waals surface area (Å²) in [5.74, 6) is 0.104. The second kappa shape index (κ2) is 5.18. The Morgan fingerprint density at radius 2 is 2.33 bits per heavy atom. The number of aromatic nitrogens is 2. The van der Waals surface area contributed by atoms with E-state index in [1.807, 2.05) is 0 Å². The minimum absolute atomic E-state index is 0.0676. The van der Waals surface area contributed by atoms with E-state index in [-0.39, 0.29) is 6.61 Å². The molecule has 0 unspecified atom stereocenters. The molecule has 0 fully saturated rings. The molecular weight excluding hydrogens is 254 g/mol. The molecule has 1 N–H and O–H groups in total. The van der Waals surface area contributed by atoms with E-state index in [1.165, 1.54) is 11.5 Å². The third-order valence-corrected chi connectivity index (χ3v) is 3.27. The van der Waals surface area contributed by atoms with Crippen molar-refractivity contribution < 1.29 is 14.1 Å². The van der Waals surface area contributed by atoms with Crippen LogP contribution in [0.3, 0.4) is 0 Å². The number of nitrogens with one attached hydrogen (secondary N) is 1. The summed E-state index contributed by atoms with van der Waals surface area (Å²) in [7, 11) is 1.74. The quantitative estimate of drug-likeness (QED) is 0.855. The predicted molar refractivity (Wildman–Crippen MR) is 66.8 cm³/mol. The van der Waals surface area contributed by atoms with E-state index in [4.69, 9.17) is 9.26 Å². The van der Waals surface area contributed by atoms with Crippen molar-refractivity contribution in [2.45, 2.75) is 20.5 Å². The molecular formula is C11H13N3O3S. The number of rotatable bonds is 4. The van der Waals surface area contributed by atoms with Crippen LogP contribution in [0, 0.1) is 13.8 Å². The summed E-state index contributed by atoms with van der Waals surface area (Å²) in [5.41, 5.74) is 1.88. The Morgan fingerprint density at radius 1 is 1.56 bits per heavy atom. The number of esters is 1. The van der Waals surface area contributed by atoms with E-state index in [1.54, 1.807) is 27.0 Å². The maximum atomic E-state index is 11.9. The Kier molecular flexibility index (Phi) is 3.61. The summed E-state index contributed by atoms with van der Waals surface area (Å²) in [6.45, 7) is 3.64. The second-order valence-corrected chi connectivity index (χ2v) is 4.51. The Bertz CT molecular complexity index is 562.